The largest absolute Gasteiger partial charge is 0.396 e. The van der Waals surface area contributed by atoms with E-state index < -0.39 is 0 Å². The SMILES string of the molecule is C=CCOCCCC1CCc2cc([C@H](CN)CCCCO)ccc2C1. The predicted molar refractivity (Wildman–Crippen MR) is 105 cm³/mol. The van der Waals surface area contributed by atoms with Crippen molar-refractivity contribution in [3.8, 4) is 0 Å². The molecule has 0 aliphatic heterocycles. The summed E-state index contributed by atoms with van der Waals surface area (Å²) in [6, 6.07) is 7.01. The van der Waals surface area contributed by atoms with E-state index in [0.717, 1.165) is 38.2 Å². The summed E-state index contributed by atoms with van der Waals surface area (Å²) in [5.41, 5.74) is 10.4. The van der Waals surface area contributed by atoms with E-state index in [1.807, 2.05) is 6.08 Å². The van der Waals surface area contributed by atoms with E-state index in [4.69, 9.17) is 15.6 Å². The topological polar surface area (TPSA) is 55.5 Å². The van der Waals surface area contributed by atoms with E-state index in [0.29, 0.717) is 19.1 Å². The number of aliphatic hydroxyl groups excluding tert-OH is 1. The van der Waals surface area contributed by atoms with Crippen LogP contribution in [0.2, 0.25) is 0 Å². The zero-order chi connectivity index (χ0) is 17.9. The van der Waals surface area contributed by atoms with Crippen molar-refractivity contribution in [1.82, 2.24) is 0 Å². The highest BCUT2D eigenvalue weighted by atomic mass is 16.5. The predicted octanol–water partition coefficient (Wildman–Crippen LogP) is 3.98. The van der Waals surface area contributed by atoms with Crippen molar-refractivity contribution in [3.05, 3.63) is 47.5 Å². The Morgan fingerprint density at radius 1 is 1.28 bits per heavy atom. The lowest BCUT2D eigenvalue weighted by Gasteiger charge is -2.26. The van der Waals surface area contributed by atoms with Crippen LogP contribution >= 0.6 is 0 Å². The highest BCUT2D eigenvalue weighted by molar-refractivity contribution is 5.36. The Balaban J connectivity index is 1.86. The molecule has 3 N–H and O–H groups in total. The minimum absolute atomic E-state index is 0.279. The normalized spacial score (nSPS) is 17.9. The molecule has 1 aliphatic rings. The van der Waals surface area contributed by atoms with Gasteiger partial charge >= 0.3 is 0 Å². The van der Waals surface area contributed by atoms with Gasteiger partial charge in [-0.05, 0) is 80.0 Å². The fourth-order valence-electron chi connectivity index (χ4n) is 3.91. The van der Waals surface area contributed by atoms with E-state index in [-0.39, 0.29) is 6.61 Å². The third-order valence-corrected chi connectivity index (χ3v) is 5.41. The molecular weight excluding hydrogens is 310 g/mol. The Kier molecular flexibility index (Phi) is 9.23. The minimum atomic E-state index is 0.279. The average Bonchev–Trinajstić information content (AvgIpc) is 2.65. The highest BCUT2D eigenvalue weighted by Crippen LogP contribution is 2.31. The van der Waals surface area contributed by atoms with E-state index in [9.17, 15) is 0 Å². The van der Waals surface area contributed by atoms with Gasteiger partial charge in [-0.1, -0.05) is 30.7 Å². The van der Waals surface area contributed by atoms with Gasteiger partial charge in [-0.3, -0.25) is 0 Å². The number of unbranched alkanes of at least 4 members (excludes halogenated alkanes) is 1. The number of fused-ring (bicyclic) bond motifs is 1. The minimum Gasteiger partial charge on any atom is -0.396 e. The lowest BCUT2D eigenvalue weighted by molar-refractivity contribution is 0.152. The van der Waals surface area contributed by atoms with E-state index in [1.54, 1.807) is 0 Å². The van der Waals surface area contributed by atoms with Gasteiger partial charge in [-0.2, -0.15) is 0 Å². The zero-order valence-corrected chi connectivity index (χ0v) is 15.6. The molecule has 0 fully saturated rings. The van der Waals surface area contributed by atoms with Crippen LogP contribution in [0.3, 0.4) is 0 Å². The molecule has 2 rings (SSSR count). The fourth-order valence-corrected chi connectivity index (χ4v) is 3.91. The standard InChI is InChI=1S/C22H35NO2/c1-2-13-25-14-5-6-18-8-9-20-16-21(11-10-19(20)15-18)22(17-23)7-3-4-12-24/h2,10-11,16,18,22,24H,1,3-9,12-15,17,23H2/t18?,22-/m0/s1. The maximum Gasteiger partial charge on any atom is 0.0644 e. The summed E-state index contributed by atoms with van der Waals surface area (Å²) < 4.78 is 5.49. The van der Waals surface area contributed by atoms with E-state index >= 15 is 0 Å². The summed E-state index contributed by atoms with van der Waals surface area (Å²) in [6.07, 6.45) is 10.9. The maximum absolute atomic E-state index is 8.97. The van der Waals surface area contributed by atoms with Gasteiger partial charge in [0.15, 0.2) is 0 Å². The van der Waals surface area contributed by atoms with Crippen LogP contribution in [0.15, 0.2) is 30.9 Å². The first-order chi connectivity index (χ1) is 12.3. The van der Waals surface area contributed by atoms with E-state index in [2.05, 4.69) is 24.8 Å². The number of aryl methyl sites for hydroxylation is 1. The lowest BCUT2D eigenvalue weighted by Crippen LogP contribution is -2.17. The molecule has 1 unspecified atom stereocenters. The van der Waals surface area contributed by atoms with Gasteiger partial charge in [-0.25, -0.2) is 0 Å². The van der Waals surface area contributed by atoms with Crippen LogP contribution in [-0.4, -0.2) is 31.5 Å². The van der Waals surface area contributed by atoms with Crippen molar-refractivity contribution in [2.75, 3.05) is 26.4 Å². The molecule has 3 heteroatoms. The van der Waals surface area contributed by atoms with Crippen LogP contribution in [0.4, 0.5) is 0 Å². The van der Waals surface area contributed by atoms with Crippen LogP contribution in [0, 0.1) is 5.92 Å². The van der Waals surface area contributed by atoms with Crippen molar-refractivity contribution in [2.45, 2.75) is 57.3 Å². The summed E-state index contributed by atoms with van der Waals surface area (Å²) in [5, 5.41) is 8.97. The van der Waals surface area contributed by atoms with Crippen molar-refractivity contribution < 1.29 is 9.84 Å². The third-order valence-electron chi connectivity index (χ3n) is 5.41. The molecular formula is C22H35NO2. The Bertz CT molecular complexity index is 515. The molecule has 3 nitrogen and oxygen atoms in total. The van der Waals surface area contributed by atoms with Crippen LogP contribution in [0.25, 0.3) is 0 Å². The molecule has 0 heterocycles. The molecule has 1 aromatic carbocycles. The monoisotopic (exact) mass is 345 g/mol. The second kappa shape index (κ2) is 11.5. The molecule has 25 heavy (non-hydrogen) atoms. The summed E-state index contributed by atoms with van der Waals surface area (Å²) >= 11 is 0. The Morgan fingerprint density at radius 2 is 2.16 bits per heavy atom. The highest BCUT2D eigenvalue weighted by Gasteiger charge is 2.20. The molecule has 0 aromatic heterocycles. The molecule has 0 saturated carbocycles. The molecule has 0 saturated heterocycles. The molecule has 0 radical (unpaired) electrons. The van der Waals surface area contributed by atoms with Crippen molar-refractivity contribution in [2.24, 2.45) is 11.7 Å². The quantitative estimate of drug-likeness (QED) is 0.445. The molecule has 1 aliphatic carbocycles. The second-order valence-corrected chi connectivity index (χ2v) is 7.29. The first-order valence-electron chi connectivity index (χ1n) is 9.89. The number of rotatable bonds is 12. The number of aliphatic hydroxyl groups is 1. The molecule has 2 atom stereocenters. The Labute approximate surface area is 153 Å². The van der Waals surface area contributed by atoms with Gasteiger partial charge in [0.2, 0.25) is 0 Å². The van der Waals surface area contributed by atoms with Crippen molar-refractivity contribution >= 4 is 0 Å². The molecule has 0 bridgehead atoms. The fraction of sp³-hybridized carbons (Fsp3) is 0.636. The van der Waals surface area contributed by atoms with Gasteiger partial charge in [0, 0.05) is 13.2 Å². The van der Waals surface area contributed by atoms with Crippen LogP contribution < -0.4 is 5.73 Å². The number of benzene rings is 1. The molecule has 140 valence electrons. The summed E-state index contributed by atoms with van der Waals surface area (Å²) in [7, 11) is 0. The van der Waals surface area contributed by atoms with Gasteiger partial charge in [0.1, 0.15) is 0 Å². The molecule has 0 spiro atoms. The first kappa shape index (κ1) is 20.2. The van der Waals surface area contributed by atoms with Crippen molar-refractivity contribution in [3.63, 3.8) is 0 Å². The van der Waals surface area contributed by atoms with Crippen LogP contribution in [-0.2, 0) is 17.6 Å². The van der Waals surface area contributed by atoms with Crippen molar-refractivity contribution in [1.29, 1.82) is 0 Å². The molecule has 0 amide bonds. The number of hydrogen-bond donors (Lipinski definition) is 2. The van der Waals surface area contributed by atoms with Gasteiger partial charge in [0.05, 0.1) is 6.61 Å². The van der Waals surface area contributed by atoms with Crippen LogP contribution in [0.1, 0.15) is 61.1 Å². The molecule has 1 aromatic rings. The lowest BCUT2D eigenvalue weighted by atomic mass is 9.80. The van der Waals surface area contributed by atoms with E-state index in [1.165, 1.54) is 42.4 Å². The van der Waals surface area contributed by atoms with Gasteiger partial charge in [-0.15, -0.1) is 6.58 Å². The van der Waals surface area contributed by atoms with Crippen LogP contribution in [0.5, 0.6) is 0 Å². The summed E-state index contributed by atoms with van der Waals surface area (Å²) in [5.74, 6) is 1.22. The number of ether oxygens (including phenoxy) is 1. The van der Waals surface area contributed by atoms with Gasteiger partial charge < -0.3 is 15.6 Å². The Morgan fingerprint density at radius 3 is 2.92 bits per heavy atom. The average molecular weight is 346 g/mol. The smallest absolute Gasteiger partial charge is 0.0644 e. The number of hydrogen-bond acceptors (Lipinski definition) is 3. The summed E-state index contributed by atoms with van der Waals surface area (Å²) in [6.45, 7) is 6.16. The Hall–Kier alpha value is -1.16. The third kappa shape index (κ3) is 6.58. The second-order valence-electron chi connectivity index (χ2n) is 7.29. The van der Waals surface area contributed by atoms with Gasteiger partial charge in [0.25, 0.3) is 0 Å². The first-order valence-corrected chi connectivity index (χ1v) is 9.89. The maximum atomic E-state index is 8.97. The zero-order valence-electron chi connectivity index (χ0n) is 15.6. The summed E-state index contributed by atoms with van der Waals surface area (Å²) in [4.78, 5) is 0. The number of nitrogens with two attached hydrogens (primary N) is 1.